The summed E-state index contributed by atoms with van der Waals surface area (Å²) in [6.07, 6.45) is 4.85. The molecule has 1 fully saturated rings. The molecule has 0 aliphatic heterocycles. The van der Waals surface area contributed by atoms with E-state index >= 15 is 0 Å². The number of aromatic nitrogens is 2. The number of nitrogens with two attached hydrogens (primary N) is 1. The van der Waals surface area contributed by atoms with E-state index in [0.29, 0.717) is 17.5 Å². The first kappa shape index (κ1) is 12.4. The molecule has 1 heterocycles. The van der Waals surface area contributed by atoms with Gasteiger partial charge in [-0.05, 0) is 50.1 Å². The highest BCUT2D eigenvalue weighted by molar-refractivity contribution is 6.28. The molecule has 17 heavy (non-hydrogen) atoms. The zero-order chi connectivity index (χ0) is 12.4. The van der Waals surface area contributed by atoms with Gasteiger partial charge in [0.2, 0.25) is 5.28 Å². The second-order valence-electron chi connectivity index (χ2n) is 4.94. The molecule has 0 spiro atoms. The van der Waals surface area contributed by atoms with Gasteiger partial charge in [-0.25, -0.2) is 4.98 Å². The molecule has 0 amide bonds. The minimum atomic E-state index is 0.253. The molecule has 2 rings (SSSR count). The van der Waals surface area contributed by atoms with E-state index in [1.54, 1.807) is 0 Å². The Labute approximate surface area is 107 Å². The topological polar surface area (TPSA) is 63.8 Å². The summed E-state index contributed by atoms with van der Waals surface area (Å²) in [5.74, 6) is 1.52. The van der Waals surface area contributed by atoms with Crippen molar-refractivity contribution in [3.63, 3.8) is 0 Å². The van der Waals surface area contributed by atoms with Crippen molar-refractivity contribution in [1.82, 2.24) is 9.97 Å². The predicted octanol–water partition coefficient (Wildman–Crippen LogP) is 3.01. The predicted molar refractivity (Wildman–Crippen MR) is 71.2 cm³/mol. The third-order valence-corrected chi connectivity index (χ3v) is 3.63. The largest absolute Gasteiger partial charge is 0.394 e. The van der Waals surface area contributed by atoms with Crippen LogP contribution in [0.1, 0.15) is 38.3 Å². The molecule has 0 bridgehead atoms. The van der Waals surface area contributed by atoms with Gasteiger partial charge in [0, 0.05) is 6.04 Å². The molecule has 0 saturated heterocycles. The van der Waals surface area contributed by atoms with Crippen LogP contribution in [0.3, 0.4) is 0 Å². The number of nitrogen functional groups attached to an aromatic ring is 1. The lowest BCUT2D eigenvalue weighted by Gasteiger charge is -2.27. The second kappa shape index (κ2) is 5.08. The molecular formula is C12H19ClN4. The summed E-state index contributed by atoms with van der Waals surface area (Å²) in [5, 5.41) is 3.64. The average Bonchev–Trinajstić information content (AvgIpc) is 2.28. The summed E-state index contributed by atoms with van der Waals surface area (Å²) in [4.78, 5) is 8.19. The number of anilines is 2. The van der Waals surface area contributed by atoms with Crippen molar-refractivity contribution in [2.75, 3.05) is 11.1 Å². The maximum atomic E-state index is 5.95. The average molecular weight is 255 g/mol. The Bertz CT molecular complexity index is 400. The number of rotatable bonds is 2. The monoisotopic (exact) mass is 254 g/mol. The number of aryl methyl sites for hydroxylation is 1. The lowest BCUT2D eigenvalue weighted by atomic mass is 9.87. The van der Waals surface area contributed by atoms with Gasteiger partial charge in [-0.1, -0.05) is 6.92 Å². The first-order valence-electron chi connectivity index (χ1n) is 6.12. The van der Waals surface area contributed by atoms with Crippen LogP contribution in [0.5, 0.6) is 0 Å². The van der Waals surface area contributed by atoms with Crippen LogP contribution >= 0.6 is 11.6 Å². The standard InChI is InChI=1S/C12H19ClN4/c1-7-3-5-9(6-4-7)16-11-10(14)8(2)15-12(13)17-11/h7,9H,3-6,14H2,1-2H3,(H,15,16,17). The van der Waals surface area contributed by atoms with E-state index in [-0.39, 0.29) is 5.28 Å². The fourth-order valence-electron chi connectivity index (χ4n) is 2.26. The van der Waals surface area contributed by atoms with E-state index in [4.69, 9.17) is 17.3 Å². The van der Waals surface area contributed by atoms with Gasteiger partial charge in [0.05, 0.1) is 11.4 Å². The fraction of sp³-hybridized carbons (Fsp3) is 0.667. The molecule has 0 unspecified atom stereocenters. The van der Waals surface area contributed by atoms with Crippen LogP contribution in [0.2, 0.25) is 5.28 Å². The molecule has 94 valence electrons. The van der Waals surface area contributed by atoms with E-state index < -0.39 is 0 Å². The minimum Gasteiger partial charge on any atom is -0.394 e. The summed E-state index contributed by atoms with van der Waals surface area (Å²) in [6.45, 7) is 4.15. The van der Waals surface area contributed by atoms with Gasteiger partial charge in [0.15, 0.2) is 5.82 Å². The van der Waals surface area contributed by atoms with E-state index in [0.717, 1.165) is 11.6 Å². The Morgan fingerprint density at radius 2 is 1.88 bits per heavy atom. The molecular weight excluding hydrogens is 236 g/mol. The van der Waals surface area contributed by atoms with E-state index in [2.05, 4.69) is 22.2 Å². The van der Waals surface area contributed by atoms with Crippen molar-refractivity contribution >= 4 is 23.1 Å². The van der Waals surface area contributed by atoms with Crippen molar-refractivity contribution in [3.05, 3.63) is 11.0 Å². The van der Waals surface area contributed by atoms with Crippen LogP contribution in [0.25, 0.3) is 0 Å². The third-order valence-electron chi connectivity index (χ3n) is 3.47. The highest BCUT2D eigenvalue weighted by Gasteiger charge is 2.19. The molecule has 0 atom stereocenters. The number of hydrogen-bond acceptors (Lipinski definition) is 4. The molecule has 1 aliphatic carbocycles. The summed E-state index contributed by atoms with van der Waals surface area (Å²) < 4.78 is 0. The van der Waals surface area contributed by atoms with Crippen LogP contribution in [0.15, 0.2) is 0 Å². The highest BCUT2D eigenvalue weighted by Crippen LogP contribution is 2.28. The third kappa shape index (κ3) is 3.00. The van der Waals surface area contributed by atoms with Crippen molar-refractivity contribution in [3.8, 4) is 0 Å². The van der Waals surface area contributed by atoms with E-state index in [1.807, 2.05) is 6.92 Å². The van der Waals surface area contributed by atoms with Crippen LogP contribution in [0.4, 0.5) is 11.5 Å². The first-order valence-corrected chi connectivity index (χ1v) is 6.50. The normalized spacial score (nSPS) is 24.6. The molecule has 1 aromatic heterocycles. The van der Waals surface area contributed by atoms with Crippen LogP contribution in [-0.4, -0.2) is 16.0 Å². The van der Waals surface area contributed by atoms with Crippen molar-refractivity contribution in [2.24, 2.45) is 5.92 Å². The first-order chi connectivity index (χ1) is 8.06. The van der Waals surface area contributed by atoms with Crippen molar-refractivity contribution in [2.45, 2.75) is 45.6 Å². The van der Waals surface area contributed by atoms with Gasteiger partial charge in [-0.3, -0.25) is 0 Å². The smallest absolute Gasteiger partial charge is 0.224 e. The summed E-state index contributed by atoms with van der Waals surface area (Å²) in [7, 11) is 0. The zero-order valence-corrected chi connectivity index (χ0v) is 11.1. The zero-order valence-electron chi connectivity index (χ0n) is 10.3. The van der Waals surface area contributed by atoms with Gasteiger partial charge in [0.25, 0.3) is 0 Å². The maximum Gasteiger partial charge on any atom is 0.224 e. The highest BCUT2D eigenvalue weighted by atomic mass is 35.5. The Morgan fingerprint density at radius 3 is 2.53 bits per heavy atom. The lowest BCUT2D eigenvalue weighted by Crippen LogP contribution is -2.26. The van der Waals surface area contributed by atoms with Crippen molar-refractivity contribution in [1.29, 1.82) is 0 Å². The molecule has 0 radical (unpaired) electrons. The summed E-state index contributed by atoms with van der Waals surface area (Å²) in [5.41, 5.74) is 7.29. The van der Waals surface area contributed by atoms with Crippen molar-refractivity contribution < 1.29 is 0 Å². The van der Waals surface area contributed by atoms with Gasteiger partial charge < -0.3 is 11.1 Å². The van der Waals surface area contributed by atoms with Gasteiger partial charge >= 0.3 is 0 Å². The number of halogens is 1. The maximum absolute atomic E-state index is 5.95. The fourth-order valence-corrected chi connectivity index (χ4v) is 2.47. The number of nitrogens with one attached hydrogen (secondary N) is 1. The Morgan fingerprint density at radius 1 is 1.24 bits per heavy atom. The molecule has 5 heteroatoms. The van der Waals surface area contributed by atoms with Gasteiger partial charge in [-0.15, -0.1) is 0 Å². The SMILES string of the molecule is Cc1nc(Cl)nc(NC2CCC(C)CC2)c1N. The summed E-state index contributed by atoms with van der Waals surface area (Å²) >= 11 is 5.85. The Kier molecular flexibility index (Phi) is 3.72. The minimum absolute atomic E-state index is 0.253. The Balaban J connectivity index is 2.08. The number of hydrogen-bond donors (Lipinski definition) is 2. The molecule has 1 aromatic rings. The van der Waals surface area contributed by atoms with Crippen LogP contribution in [0, 0.1) is 12.8 Å². The van der Waals surface area contributed by atoms with Gasteiger partial charge in [0.1, 0.15) is 0 Å². The van der Waals surface area contributed by atoms with Crippen LogP contribution in [-0.2, 0) is 0 Å². The summed E-state index contributed by atoms with van der Waals surface area (Å²) in [6, 6.07) is 0.457. The van der Waals surface area contributed by atoms with E-state index in [1.165, 1.54) is 25.7 Å². The van der Waals surface area contributed by atoms with Crippen LogP contribution < -0.4 is 11.1 Å². The van der Waals surface area contributed by atoms with Gasteiger partial charge in [-0.2, -0.15) is 4.98 Å². The molecule has 1 aliphatic rings. The lowest BCUT2D eigenvalue weighted by molar-refractivity contribution is 0.361. The molecule has 3 N–H and O–H groups in total. The molecule has 1 saturated carbocycles. The number of nitrogens with zero attached hydrogens (tertiary/aromatic N) is 2. The quantitative estimate of drug-likeness (QED) is 0.797. The second-order valence-corrected chi connectivity index (χ2v) is 5.28. The molecule has 4 nitrogen and oxygen atoms in total. The Hall–Kier alpha value is -1.03. The van der Waals surface area contributed by atoms with E-state index in [9.17, 15) is 0 Å². The molecule has 0 aromatic carbocycles.